The van der Waals surface area contributed by atoms with E-state index < -0.39 is 0 Å². The average molecular weight is 224 g/mol. The number of rotatable bonds is 1. The first-order valence-electron chi connectivity index (χ1n) is 6.62. The van der Waals surface area contributed by atoms with Gasteiger partial charge < -0.3 is 0 Å². The fourth-order valence-electron chi connectivity index (χ4n) is 1.99. The monoisotopic (exact) mass is 224 g/mol. The van der Waals surface area contributed by atoms with Crippen molar-refractivity contribution < 1.29 is 4.39 Å². The molecule has 0 N–H and O–H groups in total. The van der Waals surface area contributed by atoms with Crippen LogP contribution in [0.25, 0.3) is 0 Å². The van der Waals surface area contributed by atoms with Gasteiger partial charge in [0.25, 0.3) is 0 Å². The van der Waals surface area contributed by atoms with Crippen LogP contribution in [0.15, 0.2) is 24.3 Å². The minimum Gasteiger partial charge on any atom is -0.207 e. The summed E-state index contributed by atoms with van der Waals surface area (Å²) >= 11 is 0. The lowest BCUT2D eigenvalue weighted by Gasteiger charge is -2.07. The van der Waals surface area contributed by atoms with E-state index >= 15 is 0 Å². The Balaban J connectivity index is 0.000000509. The molecule has 0 radical (unpaired) electrons. The number of halogens is 1. The molecular formula is C15H25F. The van der Waals surface area contributed by atoms with E-state index in [0.29, 0.717) is 5.92 Å². The van der Waals surface area contributed by atoms with Gasteiger partial charge in [-0.2, -0.15) is 0 Å². The minimum absolute atomic E-state index is 0.128. The van der Waals surface area contributed by atoms with Crippen LogP contribution >= 0.6 is 0 Å². The maximum atomic E-state index is 12.6. The summed E-state index contributed by atoms with van der Waals surface area (Å²) < 4.78 is 12.6. The van der Waals surface area contributed by atoms with Crippen molar-refractivity contribution in [3.63, 3.8) is 0 Å². The van der Waals surface area contributed by atoms with E-state index in [0.717, 1.165) is 0 Å². The summed E-state index contributed by atoms with van der Waals surface area (Å²) in [5.74, 6) is 0.572. The molecule has 1 fully saturated rings. The van der Waals surface area contributed by atoms with Crippen LogP contribution in [-0.2, 0) is 0 Å². The summed E-state index contributed by atoms with van der Waals surface area (Å²) in [4.78, 5) is 0. The molecule has 0 heterocycles. The van der Waals surface area contributed by atoms with E-state index in [2.05, 4.69) is 0 Å². The highest BCUT2D eigenvalue weighted by Gasteiger charge is 2.16. The molecule has 1 aromatic carbocycles. The molecule has 0 nitrogen and oxygen atoms in total. The highest BCUT2D eigenvalue weighted by molar-refractivity contribution is 5.21. The van der Waals surface area contributed by atoms with Gasteiger partial charge >= 0.3 is 0 Å². The largest absolute Gasteiger partial charge is 0.207 e. The Labute approximate surface area is 99.9 Å². The molecule has 1 saturated carbocycles. The lowest BCUT2D eigenvalue weighted by atomic mass is 9.98. The zero-order valence-electron chi connectivity index (χ0n) is 11.1. The molecule has 1 aliphatic rings. The second kappa shape index (κ2) is 9.38. The first kappa shape index (κ1) is 15.2. The first-order valence-corrected chi connectivity index (χ1v) is 6.62. The fourth-order valence-corrected chi connectivity index (χ4v) is 1.99. The van der Waals surface area contributed by atoms with Gasteiger partial charge in [-0.25, -0.2) is 4.39 Å². The molecule has 0 unspecified atom stereocenters. The molecule has 0 bridgehead atoms. The molecule has 2 rings (SSSR count). The van der Waals surface area contributed by atoms with Gasteiger partial charge in [-0.1, -0.05) is 52.7 Å². The standard InChI is InChI=1S/C11H13F.2C2H6/c12-11-7-5-10(6-8-11)9-3-1-2-4-9;2*1-2/h5-9H,1-4H2;2*1-2H3. The van der Waals surface area contributed by atoms with Crippen molar-refractivity contribution in [3.8, 4) is 0 Å². The van der Waals surface area contributed by atoms with Crippen molar-refractivity contribution in [3.05, 3.63) is 35.6 Å². The van der Waals surface area contributed by atoms with Crippen LogP contribution in [0.3, 0.4) is 0 Å². The fraction of sp³-hybridized carbons (Fsp3) is 0.600. The Morgan fingerprint density at radius 1 is 0.875 bits per heavy atom. The third-order valence-corrected chi connectivity index (χ3v) is 2.70. The third-order valence-electron chi connectivity index (χ3n) is 2.70. The van der Waals surface area contributed by atoms with Crippen LogP contribution in [0.4, 0.5) is 4.39 Å². The third kappa shape index (κ3) is 4.78. The summed E-state index contributed by atoms with van der Waals surface area (Å²) in [6.07, 6.45) is 5.24. The van der Waals surface area contributed by atoms with Crippen LogP contribution in [0.2, 0.25) is 0 Å². The zero-order chi connectivity index (χ0) is 12.4. The molecular weight excluding hydrogens is 199 g/mol. The van der Waals surface area contributed by atoms with Gasteiger partial charge in [0.1, 0.15) is 5.82 Å². The SMILES string of the molecule is CC.CC.Fc1ccc(C2CCCC2)cc1. The van der Waals surface area contributed by atoms with Gasteiger partial charge in [0, 0.05) is 0 Å². The molecule has 92 valence electrons. The maximum absolute atomic E-state index is 12.6. The summed E-state index contributed by atoms with van der Waals surface area (Å²) in [6, 6.07) is 6.97. The molecule has 0 saturated heterocycles. The van der Waals surface area contributed by atoms with Gasteiger partial charge in [-0.15, -0.1) is 0 Å². The Bertz CT molecular complexity index is 245. The summed E-state index contributed by atoms with van der Waals surface area (Å²) in [6.45, 7) is 8.00. The Kier molecular flexibility index (Phi) is 8.88. The maximum Gasteiger partial charge on any atom is 0.123 e. The highest BCUT2D eigenvalue weighted by atomic mass is 19.1. The topological polar surface area (TPSA) is 0 Å². The summed E-state index contributed by atoms with van der Waals surface area (Å²) in [5.41, 5.74) is 1.31. The molecule has 16 heavy (non-hydrogen) atoms. The molecule has 0 amide bonds. The first-order chi connectivity index (χ1) is 7.86. The van der Waals surface area contributed by atoms with Crippen molar-refractivity contribution in [1.29, 1.82) is 0 Å². The van der Waals surface area contributed by atoms with E-state index in [1.807, 2.05) is 39.8 Å². The van der Waals surface area contributed by atoms with Gasteiger partial charge in [0.2, 0.25) is 0 Å². The highest BCUT2D eigenvalue weighted by Crippen LogP contribution is 2.33. The van der Waals surface area contributed by atoms with Crippen molar-refractivity contribution in [1.82, 2.24) is 0 Å². The van der Waals surface area contributed by atoms with Gasteiger partial charge in [0.15, 0.2) is 0 Å². The molecule has 0 aliphatic heterocycles. The average Bonchev–Trinajstić information content (AvgIpc) is 2.89. The predicted octanol–water partition coefficient (Wildman–Crippen LogP) is 5.54. The van der Waals surface area contributed by atoms with E-state index in [-0.39, 0.29) is 5.82 Å². The van der Waals surface area contributed by atoms with Crippen molar-refractivity contribution in [2.24, 2.45) is 0 Å². The quantitative estimate of drug-likeness (QED) is 0.588. The van der Waals surface area contributed by atoms with Crippen molar-refractivity contribution >= 4 is 0 Å². The lowest BCUT2D eigenvalue weighted by Crippen LogP contribution is -1.91. The van der Waals surface area contributed by atoms with Crippen LogP contribution < -0.4 is 0 Å². The number of hydrogen-bond donors (Lipinski definition) is 0. The van der Waals surface area contributed by atoms with E-state index in [1.165, 1.54) is 31.2 Å². The molecule has 1 heteroatoms. The van der Waals surface area contributed by atoms with E-state index in [9.17, 15) is 4.39 Å². The summed E-state index contributed by atoms with van der Waals surface area (Å²) in [7, 11) is 0. The van der Waals surface area contributed by atoms with Crippen LogP contribution in [-0.4, -0.2) is 0 Å². The Hall–Kier alpha value is -0.850. The lowest BCUT2D eigenvalue weighted by molar-refractivity contribution is 0.624. The van der Waals surface area contributed by atoms with Crippen molar-refractivity contribution in [2.45, 2.75) is 59.3 Å². The van der Waals surface area contributed by atoms with Crippen LogP contribution in [0.1, 0.15) is 64.9 Å². The Morgan fingerprint density at radius 3 is 1.75 bits per heavy atom. The van der Waals surface area contributed by atoms with Gasteiger partial charge in [-0.05, 0) is 36.5 Å². The number of hydrogen-bond acceptors (Lipinski definition) is 0. The van der Waals surface area contributed by atoms with Crippen LogP contribution in [0.5, 0.6) is 0 Å². The molecule has 0 aromatic heterocycles. The Morgan fingerprint density at radius 2 is 1.31 bits per heavy atom. The predicted molar refractivity (Wildman–Crippen MR) is 70.3 cm³/mol. The molecule has 1 aliphatic carbocycles. The zero-order valence-corrected chi connectivity index (χ0v) is 11.1. The summed E-state index contributed by atoms with van der Waals surface area (Å²) in [5, 5.41) is 0. The smallest absolute Gasteiger partial charge is 0.123 e. The minimum atomic E-state index is -0.128. The molecule has 1 aromatic rings. The van der Waals surface area contributed by atoms with Crippen molar-refractivity contribution in [2.75, 3.05) is 0 Å². The second-order valence-corrected chi connectivity index (χ2v) is 3.53. The van der Waals surface area contributed by atoms with E-state index in [1.54, 1.807) is 12.1 Å². The van der Waals surface area contributed by atoms with Crippen LogP contribution in [0, 0.1) is 5.82 Å². The number of benzene rings is 1. The van der Waals surface area contributed by atoms with E-state index in [4.69, 9.17) is 0 Å². The van der Waals surface area contributed by atoms with Gasteiger partial charge in [-0.3, -0.25) is 0 Å². The molecule has 0 atom stereocenters. The molecule has 0 spiro atoms. The van der Waals surface area contributed by atoms with Gasteiger partial charge in [0.05, 0.1) is 0 Å². The second-order valence-electron chi connectivity index (χ2n) is 3.53. The normalized spacial score (nSPS) is 14.6.